The second kappa shape index (κ2) is 9.06. The molecule has 1 aliphatic heterocycles. The van der Waals surface area contributed by atoms with Crippen molar-refractivity contribution in [3.05, 3.63) is 29.8 Å². The molecule has 3 rings (SSSR count). The van der Waals surface area contributed by atoms with E-state index in [2.05, 4.69) is 10.6 Å². The van der Waals surface area contributed by atoms with Crippen molar-refractivity contribution in [2.75, 3.05) is 13.2 Å². The first-order valence-electron chi connectivity index (χ1n) is 9.25. The van der Waals surface area contributed by atoms with Gasteiger partial charge in [0.25, 0.3) is 0 Å². The molecule has 0 aromatic heterocycles. The third-order valence-corrected chi connectivity index (χ3v) is 4.84. The van der Waals surface area contributed by atoms with Crippen LogP contribution in [0.1, 0.15) is 44.1 Å². The van der Waals surface area contributed by atoms with Crippen LogP contribution in [0.4, 0.5) is 4.79 Å². The number of carbonyl (C=O) groups excluding carboxylic acids is 1. The van der Waals surface area contributed by atoms with Crippen LogP contribution in [0.2, 0.25) is 0 Å². The molecule has 1 atom stereocenters. The Morgan fingerprint density at radius 3 is 2.84 bits per heavy atom. The van der Waals surface area contributed by atoms with Crippen molar-refractivity contribution in [1.29, 1.82) is 0 Å². The molecule has 0 bridgehead atoms. The van der Waals surface area contributed by atoms with E-state index in [0.29, 0.717) is 13.2 Å². The molecule has 138 valence electrons. The van der Waals surface area contributed by atoms with Gasteiger partial charge in [0.15, 0.2) is 0 Å². The zero-order chi connectivity index (χ0) is 17.5. The Balaban J connectivity index is 1.39. The molecule has 1 aromatic rings. The summed E-state index contributed by atoms with van der Waals surface area (Å²) in [7, 11) is 0. The fraction of sp³-hybridized carbons (Fsp3) is 0.632. The molecule has 0 radical (unpaired) electrons. The predicted molar refractivity (Wildman–Crippen MR) is 94.5 cm³/mol. The number of aliphatic hydroxyl groups excluding tert-OH is 1. The van der Waals surface area contributed by atoms with Gasteiger partial charge in [-0.1, -0.05) is 12.1 Å². The molecule has 1 unspecified atom stereocenters. The van der Waals surface area contributed by atoms with Gasteiger partial charge in [-0.3, -0.25) is 0 Å². The Morgan fingerprint density at radius 1 is 1.24 bits per heavy atom. The van der Waals surface area contributed by atoms with Crippen LogP contribution in [0.25, 0.3) is 0 Å². The maximum Gasteiger partial charge on any atom is 0.315 e. The summed E-state index contributed by atoms with van der Waals surface area (Å²) in [4.78, 5) is 12.0. The van der Waals surface area contributed by atoms with Crippen LogP contribution < -0.4 is 15.4 Å². The fourth-order valence-corrected chi connectivity index (χ4v) is 3.35. The van der Waals surface area contributed by atoms with Crippen molar-refractivity contribution in [2.24, 2.45) is 0 Å². The maximum atomic E-state index is 12.0. The lowest BCUT2D eigenvalue weighted by atomic mass is 9.93. The van der Waals surface area contributed by atoms with Crippen LogP contribution in [0.15, 0.2) is 24.3 Å². The average molecular weight is 348 g/mol. The first-order valence-corrected chi connectivity index (χ1v) is 9.25. The molecule has 0 spiro atoms. The Labute approximate surface area is 148 Å². The van der Waals surface area contributed by atoms with E-state index in [4.69, 9.17) is 9.47 Å². The molecule has 1 heterocycles. The van der Waals surface area contributed by atoms with Gasteiger partial charge in [-0.2, -0.15) is 0 Å². The predicted octanol–water partition coefficient (Wildman–Crippen LogP) is 2.35. The van der Waals surface area contributed by atoms with Crippen LogP contribution in [-0.4, -0.2) is 42.6 Å². The minimum absolute atomic E-state index is 0.157. The number of ether oxygens (including phenoxy) is 2. The summed E-state index contributed by atoms with van der Waals surface area (Å²) >= 11 is 0. The van der Waals surface area contributed by atoms with Crippen LogP contribution in [-0.2, 0) is 11.3 Å². The number of hydrogen-bond acceptors (Lipinski definition) is 4. The highest BCUT2D eigenvalue weighted by atomic mass is 16.5. The molecule has 1 saturated heterocycles. The van der Waals surface area contributed by atoms with E-state index in [9.17, 15) is 9.90 Å². The van der Waals surface area contributed by atoms with Gasteiger partial charge in [0.1, 0.15) is 12.4 Å². The summed E-state index contributed by atoms with van der Waals surface area (Å²) in [6.07, 6.45) is 5.33. The number of amides is 2. The molecule has 1 aromatic carbocycles. The van der Waals surface area contributed by atoms with Crippen LogP contribution in [0, 0.1) is 0 Å². The molecule has 2 aliphatic rings. The molecule has 25 heavy (non-hydrogen) atoms. The van der Waals surface area contributed by atoms with E-state index >= 15 is 0 Å². The van der Waals surface area contributed by atoms with Crippen molar-refractivity contribution < 1.29 is 19.4 Å². The molecule has 6 nitrogen and oxygen atoms in total. The molecule has 3 N–H and O–H groups in total. The lowest BCUT2D eigenvalue weighted by Gasteiger charge is -2.26. The Kier molecular flexibility index (Phi) is 6.53. The largest absolute Gasteiger partial charge is 0.491 e. The van der Waals surface area contributed by atoms with Gasteiger partial charge < -0.3 is 25.2 Å². The van der Waals surface area contributed by atoms with Crippen LogP contribution in [0.5, 0.6) is 5.75 Å². The fourth-order valence-electron chi connectivity index (χ4n) is 3.35. The normalized spacial score (nSPS) is 26.2. The zero-order valence-electron chi connectivity index (χ0n) is 14.6. The number of benzene rings is 1. The number of aliphatic hydroxyl groups is 1. The second-order valence-electron chi connectivity index (χ2n) is 6.93. The second-order valence-corrected chi connectivity index (χ2v) is 6.93. The standard InChI is InChI=1S/C19H28N2O4/c22-16-8-6-15(7-9-16)21-19(23)20-12-14-3-1-4-17(11-14)25-13-18-5-2-10-24-18/h1,3-4,11,15-16,18,22H,2,5-10,12-13H2,(H2,20,21,23). The first-order chi connectivity index (χ1) is 12.2. The Bertz CT molecular complexity index is 552. The van der Waals surface area contributed by atoms with Gasteiger partial charge in [-0.15, -0.1) is 0 Å². The maximum absolute atomic E-state index is 12.0. The number of urea groups is 1. The zero-order valence-corrected chi connectivity index (χ0v) is 14.6. The number of carbonyl (C=O) groups is 1. The molecule has 6 heteroatoms. The summed E-state index contributed by atoms with van der Waals surface area (Å²) in [5, 5.41) is 15.4. The van der Waals surface area contributed by atoms with Gasteiger partial charge in [0.05, 0.1) is 12.2 Å². The summed E-state index contributed by atoms with van der Waals surface area (Å²) in [6.45, 7) is 1.86. The van der Waals surface area contributed by atoms with Crippen LogP contribution in [0.3, 0.4) is 0 Å². The van der Waals surface area contributed by atoms with E-state index < -0.39 is 0 Å². The Morgan fingerprint density at radius 2 is 2.08 bits per heavy atom. The van der Waals surface area contributed by atoms with Crippen molar-refractivity contribution in [3.8, 4) is 5.75 Å². The van der Waals surface area contributed by atoms with Crippen molar-refractivity contribution >= 4 is 6.03 Å². The van der Waals surface area contributed by atoms with Crippen LogP contribution >= 0.6 is 0 Å². The summed E-state index contributed by atoms with van der Waals surface area (Å²) < 4.78 is 11.3. The number of nitrogens with one attached hydrogen (secondary N) is 2. The topological polar surface area (TPSA) is 79.8 Å². The molecule has 2 fully saturated rings. The highest BCUT2D eigenvalue weighted by Crippen LogP contribution is 2.19. The van der Waals surface area contributed by atoms with Gasteiger partial charge in [0.2, 0.25) is 0 Å². The van der Waals surface area contributed by atoms with E-state index in [0.717, 1.165) is 56.4 Å². The van der Waals surface area contributed by atoms with Crippen molar-refractivity contribution in [1.82, 2.24) is 10.6 Å². The molecular formula is C19H28N2O4. The first kappa shape index (κ1) is 18.0. The minimum atomic E-state index is -0.210. The Hall–Kier alpha value is -1.79. The SMILES string of the molecule is O=C(NCc1cccc(OCC2CCCO2)c1)NC1CCC(O)CC1. The minimum Gasteiger partial charge on any atom is -0.491 e. The molecule has 2 amide bonds. The molecule has 1 saturated carbocycles. The highest BCUT2D eigenvalue weighted by Gasteiger charge is 2.20. The number of hydrogen-bond donors (Lipinski definition) is 3. The monoisotopic (exact) mass is 348 g/mol. The van der Waals surface area contributed by atoms with E-state index in [1.807, 2.05) is 24.3 Å². The van der Waals surface area contributed by atoms with Gasteiger partial charge in [0, 0.05) is 19.2 Å². The van der Waals surface area contributed by atoms with Crippen molar-refractivity contribution in [3.63, 3.8) is 0 Å². The number of rotatable bonds is 6. The van der Waals surface area contributed by atoms with Gasteiger partial charge in [-0.05, 0) is 56.2 Å². The van der Waals surface area contributed by atoms with Gasteiger partial charge >= 0.3 is 6.03 Å². The van der Waals surface area contributed by atoms with E-state index in [1.165, 1.54) is 0 Å². The quantitative estimate of drug-likeness (QED) is 0.737. The third-order valence-electron chi connectivity index (χ3n) is 4.84. The lowest BCUT2D eigenvalue weighted by Crippen LogP contribution is -2.43. The molecular weight excluding hydrogens is 320 g/mol. The van der Waals surface area contributed by atoms with E-state index in [-0.39, 0.29) is 24.3 Å². The highest BCUT2D eigenvalue weighted by molar-refractivity contribution is 5.74. The third kappa shape index (κ3) is 5.90. The molecule has 1 aliphatic carbocycles. The smallest absolute Gasteiger partial charge is 0.315 e. The summed E-state index contributed by atoms with van der Waals surface area (Å²) in [6, 6.07) is 7.77. The van der Waals surface area contributed by atoms with Crippen molar-refractivity contribution in [2.45, 2.75) is 63.3 Å². The summed E-state index contributed by atoms with van der Waals surface area (Å²) in [5.74, 6) is 0.802. The van der Waals surface area contributed by atoms with Gasteiger partial charge in [-0.25, -0.2) is 4.79 Å². The summed E-state index contributed by atoms with van der Waals surface area (Å²) in [5.41, 5.74) is 0.999. The van der Waals surface area contributed by atoms with E-state index in [1.54, 1.807) is 0 Å². The lowest BCUT2D eigenvalue weighted by molar-refractivity contribution is 0.0679. The average Bonchev–Trinajstić information content (AvgIpc) is 3.14.